The summed E-state index contributed by atoms with van der Waals surface area (Å²) in [5, 5.41) is 4.94. The fourth-order valence-corrected chi connectivity index (χ4v) is 3.65. The first-order valence-corrected chi connectivity index (χ1v) is 9.20. The monoisotopic (exact) mass is 409 g/mol. The van der Waals surface area contributed by atoms with Crippen LogP contribution in [0.4, 0.5) is 5.13 Å². The zero-order chi connectivity index (χ0) is 18.7. The van der Waals surface area contributed by atoms with E-state index in [9.17, 15) is 4.79 Å². The van der Waals surface area contributed by atoms with Crippen molar-refractivity contribution in [2.75, 3.05) is 39.2 Å². The molecule has 0 radical (unpaired) electrons. The van der Waals surface area contributed by atoms with Crippen LogP contribution < -0.4 is 9.64 Å². The molecule has 2 heterocycles. The molecule has 0 aliphatic carbocycles. The third kappa shape index (κ3) is 4.97. The minimum Gasteiger partial charge on any atom is -0.497 e. The van der Waals surface area contributed by atoms with Crippen LogP contribution in [0, 0.1) is 0 Å². The maximum Gasteiger partial charge on any atom is 0.280 e. The lowest BCUT2D eigenvalue weighted by Crippen LogP contribution is -2.33. The summed E-state index contributed by atoms with van der Waals surface area (Å²) < 4.78 is 7.91. The lowest BCUT2D eigenvalue weighted by atomic mass is 10.3. The Balaban J connectivity index is 0.00000261. The second-order valence-corrected chi connectivity index (χ2v) is 7.33. The van der Waals surface area contributed by atoms with Gasteiger partial charge in [0.1, 0.15) is 5.75 Å². The van der Waals surface area contributed by atoms with Gasteiger partial charge in [-0.05, 0) is 51.3 Å². The van der Waals surface area contributed by atoms with Gasteiger partial charge in [0.05, 0.1) is 17.3 Å². The highest BCUT2D eigenvalue weighted by Gasteiger charge is 2.23. The molecule has 146 valence electrons. The number of carbonyl (C=O) groups is 1. The van der Waals surface area contributed by atoms with Crippen molar-refractivity contribution >= 4 is 45.0 Å². The van der Waals surface area contributed by atoms with Crippen molar-refractivity contribution in [2.24, 2.45) is 7.05 Å². The summed E-state index contributed by atoms with van der Waals surface area (Å²) in [7, 11) is 7.49. The van der Waals surface area contributed by atoms with Gasteiger partial charge in [-0.3, -0.25) is 14.4 Å². The molecule has 0 saturated heterocycles. The summed E-state index contributed by atoms with van der Waals surface area (Å²) >= 11 is 1.49. The fourth-order valence-electron chi connectivity index (χ4n) is 2.63. The molecule has 3 aromatic rings. The molecule has 0 aliphatic rings. The number of halogens is 1. The molecular weight excluding hydrogens is 386 g/mol. The van der Waals surface area contributed by atoms with Gasteiger partial charge >= 0.3 is 0 Å². The van der Waals surface area contributed by atoms with E-state index >= 15 is 0 Å². The molecule has 7 nitrogen and oxygen atoms in total. The maximum atomic E-state index is 13.0. The highest BCUT2D eigenvalue weighted by molar-refractivity contribution is 7.22. The van der Waals surface area contributed by atoms with Crippen LogP contribution in [0.3, 0.4) is 0 Å². The van der Waals surface area contributed by atoms with E-state index in [1.54, 1.807) is 36.0 Å². The minimum absolute atomic E-state index is 0. The largest absolute Gasteiger partial charge is 0.497 e. The van der Waals surface area contributed by atoms with Gasteiger partial charge < -0.3 is 9.64 Å². The van der Waals surface area contributed by atoms with E-state index in [2.05, 4.69) is 15.0 Å². The normalized spacial score (nSPS) is 10.9. The molecule has 9 heteroatoms. The lowest BCUT2D eigenvalue weighted by molar-refractivity contribution is 0.0980. The zero-order valence-electron chi connectivity index (χ0n) is 15.9. The average molecular weight is 410 g/mol. The number of nitrogens with zero attached hydrogens (tertiary/aromatic N) is 5. The SMILES string of the molecule is COc1ccc2nc(N(CCCN(C)C)C(=O)c3ccn(C)n3)sc2c1.Cl. The fraction of sp³-hybridized carbons (Fsp3) is 0.389. The third-order valence-electron chi connectivity index (χ3n) is 3.98. The Labute approximate surface area is 169 Å². The molecular formula is C18H24ClN5O2S. The van der Waals surface area contributed by atoms with Gasteiger partial charge in [0.25, 0.3) is 5.91 Å². The summed E-state index contributed by atoms with van der Waals surface area (Å²) in [5.74, 6) is 0.651. The number of benzene rings is 1. The van der Waals surface area contributed by atoms with Crippen molar-refractivity contribution < 1.29 is 9.53 Å². The number of aryl methyl sites for hydroxylation is 1. The molecule has 0 N–H and O–H groups in total. The number of methoxy groups -OCH3 is 1. The summed E-state index contributed by atoms with van der Waals surface area (Å²) in [6.45, 7) is 1.48. The topological polar surface area (TPSA) is 63.5 Å². The zero-order valence-corrected chi connectivity index (χ0v) is 17.5. The predicted octanol–water partition coefficient (Wildman–Crippen LogP) is 3.06. The third-order valence-corrected chi connectivity index (χ3v) is 5.02. The molecule has 2 aromatic heterocycles. The first kappa shape index (κ1) is 21.1. The Hall–Kier alpha value is -2.16. The summed E-state index contributed by atoms with van der Waals surface area (Å²) in [6, 6.07) is 7.47. The van der Waals surface area contributed by atoms with E-state index in [0.717, 1.165) is 28.9 Å². The van der Waals surface area contributed by atoms with Crippen molar-refractivity contribution in [3.8, 4) is 5.75 Å². The number of anilines is 1. The number of hydrogen-bond donors (Lipinski definition) is 0. The molecule has 0 aliphatic heterocycles. The van der Waals surface area contributed by atoms with Gasteiger partial charge in [0.2, 0.25) is 0 Å². The Bertz CT molecular complexity index is 908. The highest BCUT2D eigenvalue weighted by Crippen LogP contribution is 2.32. The molecule has 0 fully saturated rings. The van der Waals surface area contributed by atoms with Crippen LogP contribution in [0.1, 0.15) is 16.9 Å². The van der Waals surface area contributed by atoms with Gasteiger partial charge in [0, 0.05) is 19.8 Å². The van der Waals surface area contributed by atoms with E-state index < -0.39 is 0 Å². The first-order chi connectivity index (χ1) is 12.5. The van der Waals surface area contributed by atoms with Gasteiger partial charge in [0.15, 0.2) is 10.8 Å². The second-order valence-electron chi connectivity index (χ2n) is 6.32. The Morgan fingerprint density at radius 3 is 2.67 bits per heavy atom. The molecule has 1 aromatic carbocycles. The number of rotatable bonds is 7. The Morgan fingerprint density at radius 2 is 2.04 bits per heavy atom. The number of hydrogen-bond acceptors (Lipinski definition) is 6. The quantitative estimate of drug-likeness (QED) is 0.600. The molecule has 0 unspecified atom stereocenters. The van der Waals surface area contributed by atoms with Gasteiger partial charge in [-0.1, -0.05) is 11.3 Å². The second kappa shape index (κ2) is 9.16. The number of aromatic nitrogens is 3. The highest BCUT2D eigenvalue weighted by atomic mass is 35.5. The lowest BCUT2D eigenvalue weighted by Gasteiger charge is -2.20. The summed E-state index contributed by atoms with van der Waals surface area (Å²) in [5.41, 5.74) is 1.28. The van der Waals surface area contributed by atoms with Crippen LogP contribution in [-0.4, -0.2) is 59.9 Å². The maximum absolute atomic E-state index is 13.0. The van der Waals surface area contributed by atoms with Crippen LogP contribution in [0.5, 0.6) is 5.75 Å². The van der Waals surface area contributed by atoms with Crippen molar-refractivity contribution in [2.45, 2.75) is 6.42 Å². The van der Waals surface area contributed by atoms with Crippen LogP contribution in [0.2, 0.25) is 0 Å². The first-order valence-electron chi connectivity index (χ1n) is 8.39. The molecule has 1 amide bonds. The van der Waals surface area contributed by atoms with E-state index in [4.69, 9.17) is 4.74 Å². The van der Waals surface area contributed by atoms with Crippen LogP contribution >= 0.6 is 23.7 Å². The molecule has 0 bridgehead atoms. The summed E-state index contributed by atoms with van der Waals surface area (Å²) in [4.78, 5) is 21.5. The van der Waals surface area contributed by atoms with Crippen molar-refractivity contribution in [3.63, 3.8) is 0 Å². The molecule has 0 saturated carbocycles. The van der Waals surface area contributed by atoms with Crippen molar-refractivity contribution in [1.82, 2.24) is 19.7 Å². The van der Waals surface area contributed by atoms with Gasteiger partial charge in [-0.15, -0.1) is 12.4 Å². The van der Waals surface area contributed by atoms with Crippen LogP contribution in [0.25, 0.3) is 10.2 Å². The van der Waals surface area contributed by atoms with E-state index in [-0.39, 0.29) is 18.3 Å². The smallest absolute Gasteiger partial charge is 0.280 e. The van der Waals surface area contributed by atoms with E-state index in [1.807, 2.05) is 32.3 Å². The molecule has 3 rings (SSSR count). The van der Waals surface area contributed by atoms with Crippen molar-refractivity contribution in [3.05, 3.63) is 36.2 Å². The Morgan fingerprint density at radius 1 is 1.26 bits per heavy atom. The number of ether oxygens (including phenoxy) is 1. The van der Waals surface area contributed by atoms with Crippen molar-refractivity contribution in [1.29, 1.82) is 0 Å². The molecule has 0 spiro atoms. The Kier molecular flexibility index (Phi) is 7.18. The van der Waals surface area contributed by atoms with E-state index in [1.165, 1.54) is 11.3 Å². The van der Waals surface area contributed by atoms with Crippen LogP contribution in [0.15, 0.2) is 30.5 Å². The standard InChI is InChI=1S/C18H23N5O2S.ClH/c1-21(2)9-5-10-23(17(24)15-8-11-22(3)20-15)18-19-14-7-6-13(25-4)12-16(14)26-18;/h6-8,11-12H,5,9-10H2,1-4H3;1H. The summed E-state index contributed by atoms with van der Waals surface area (Å²) in [6.07, 6.45) is 2.62. The van der Waals surface area contributed by atoms with Crippen LogP contribution in [-0.2, 0) is 7.05 Å². The minimum atomic E-state index is -0.129. The number of amides is 1. The van der Waals surface area contributed by atoms with E-state index in [0.29, 0.717) is 17.4 Å². The molecule has 0 atom stereocenters. The number of carbonyl (C=O) groups excluding carboxylic acids is 1. The average Bonchev–Trinajstić information content (AvgIpc) is 3.23. The number of thiazole rings is 1. The number of fused-ring (bicyclic) bond motifs is 1. The molecule has 27 heavy (non-hydrogen) atoms. The predicted molar refractivity (Wildman–Crippen MR) is 111 cm³/mol. The van der Waals surface area contributed by atoms with Gasteiger partial charge in [-0.25, -0.2) is 4.98 Å². The van der Waals surface area contributed by atoms with Gasteiger partial charge in [-0.2, -0.15) is 5.10 Å².